The molecule has 2 aromatic heterocycles. The Bertz CT molecular complexity index is 1060. The number of Topliss-reactive ketones (excluding diaryl/α,β-unsaturated/α-hetero) is 1. The minimum absolute atomic E-state index is 0.0168. The molecule has 0 radical (unpaired) electrons. The standard InChI is InChI=1S/C23H24ClN3O2S2/c1-27-9-6-16-3-2-15(12-17(16)7-10-27)13-19(28)18(14-22-25-8-11-30-22)26-23(29)20-4-5-21(24)31-20/h2-5,8,11-12,18H,6-7,9-10,13-14H2,1H3,(H,26,29). The second-order valence-electron chi connectivity index (χ2n) is 7.81. The van der Waals surface area contributed by atoms with Crippen LogP contribution < -0.4 is 5.32 Å². The van der Waals surface area contributed by atoms with Crippen LogP contribution in [-0.4, -0.2) is 47.8 Å². The van der Waals surface area contributed by atoms with Crippen LogP contribution >= 0.6 is 34.3 Å². The van der Waals surface area contributed by atoms with Gasteiger partial charge in [-0.2, -0.15) is 0 Å². The average molecular weight is 474 g/mol. The molecule has 1 amide bonds. The van der Waals surface area contributed by atoms with Gasteiger partial charge in [0, 0.05) is 37.5 Å². The minimum atomic E-state index is -0.635. The van der Waals surface area contributed by atoms with E-state index in [4.69, 9.17) is 11.6 Å². The third-order valence-electron chi connectivity index (χ3n) is 5.53. The molecule has 0 spiro atoms. The van der Waals surface area contributed by atoms with Crippen LogP contribution in [0.1, 0.15) is 31.4 Å². The lowest BCUT2D eigenvalue weighted by molar-refractivity contribution is -0.120. The molecular weight excluding hydrogens is 450 g/mol. The molecule has 162 valence electrons. The van der Waals surface area contributed by atoms with Gasteiger partial charge in [-0.15, -0.1) is 22.7 Å². The maximum absolute atomic E-state index is 13.2. The molecule has 3 heterocycles. The van der Waals surface area contributed by atoms with E-state index in [9.17, 15) is 9.59 Å². The van der Waals surface area contributed by atoms with Crippen molar-refractivity contribution in [1.29, 1.82) is 0 Å². The van der Waals surface area contributed by atoms with Gasteiger partial charge in [0.25, 0.3) is 5.91 Å². The smallest absolute Gasteiger partial charge is 0.261 e. The number of benzene rings is 1. The summed E-state index contributed by atoms with van der Waals surface area (Å²) in [5.74, 6) is -0.298. The quantitative estimate of drug-likeness (QED) is 0.562. The summed E-state index contributed by atoms with van der Waals surface area (Å²) in [4.78, 5) is 33.0. The zero-order valence-corrected chi connectivity index (χ0v) is 19.7. The van der Waals surface area contributed by atoms with Gasteiger partial charge in [-0.25, -0.2) is 4.98 Å². The lowest BCUT2D eigenvalue weighted by atomic mass is 9.95. The molecule has 1 aliphatic heterocycles. The molecule has 1 unspecified atom stereocenters. The van der Waals surface area contributed by atoms with Gasteiger partial charge in [-0.1, -0.05) is 29.8 Å². The molecule has 0 fully saturated rings. The van der Waals surface area contributed by atoms with Crippen molar-refractivity contribution >= 4 is 46.0 Å². The Morgan fingerprint density at radius 3 is 2.71 bits per heavy atom. The number of nitrogens with one attached hydrogen (secondary N) is 1. The van der Waals surface area contributed by atoms with E-state index in [0.717, 1.165) is 36.5 Å². The number of thiophene rings is 1. The summed E-state index contributed by atoms with van der Waals surface area (Å²) in [5.41, 5.74) is 3.68. The molecule has 1 N–H and O–H groups in total. The van der Waals surface area contributed by atoms with Gasteiger partial charge in [0.2, 0.25) is 0 Å². The fourth-order valence-corrected chi connectivity index (χ4v) is 5.37. The van der Waals surface area contributed by atoms with E-state index >= 15 is 0 Å². The molecule has 0 aliphatic carbocycles. The van der Waals surface area contributed by atoms with Crippen molar-refractivity contribution in [2.24, 2.45) is 0 Å². The summed E-state index contributed by atoms with van der Waals surface area (Å²) in [7, 11) is 2.14. The van der Waals surface area contributed by atoms with Crippen molar-refractivity contribution < 1.29 is 9.59 Å². The van der Waals surface area contributed by atoms with E-state index in [0.29, 0.717) is 15.6 Å². The molecular formula is C23H24ClN3O2S2. The van der Waals surface area contributed by atoms with Crippen molar-refractivity contribution in [2.75, 3.05) is 20.1 Å². The Kier molecular flexibility index (Phi) is 7.17. The van der Waals surface area contributed by atoms with Gasteiger partial charge in [-0.05, 0) is 48.7 Å². The molecule has 5 nitrogen and oxygen atoms in total. The number of fused-ring (bicyclic) bond motifs is 1. The molecule has 1 atom stereocenters. The molecule has 1 aliphatic rings. The largest absolute Gasteiger partial charge is 0.341 e. The van der Waals surface area contributed by atoms with E-state index in [2.05, 4.69) is 34.4 Å². The summed E-state index contributed by atoms with van der Waals surface area (Å²) >= 11 is 8.65. The Balaban J connectivity index is 1.49. The average Bonchev–Trinajstić information content (AvgIpc) is 3.38. The number of amides is 1. The Morgan fingerprint density at radius 1 is 1.19 bits per heavy atom. The molecule has 0 saturated heterocycles. The van der Waals surface area contributed by atoms with Gasteiger partial charge in [0.15, 0.2) is 5.78 Å². The number of carbonyl (C=O) groups is 2. The number of nitrogens with zero attached hydrogens (tertiary/aromatic N) is 2. The highest BCUT2D eigenvalue weighted by atomic mass is 35.5. The monoisotopic (exact) mass is 473 g/mol. The number of halogens is 1. The van der Waals surface area contributed by atoms with E-state index in [-0.39, 0.29) is 18.1 Å². The Morgan fingerprint density at radius 2 is 2.00 bits per heavy atom. The fraction of sp³-hybridized carbons (Fsp3) is 0.348. The SMILES string of the molecule is CN1CCc2ccc(CC(=O)C(Cc3nccs3)NC(=O)c3ccc(Cl)s3)cc2CC1. The number of aromatic nitrogens is 1. The molecule has 1 aromatic carbocycles. The van der Waals surface area contributed by atoms with E-state index in [1.165, 1.54) is 33.8 Å². The lowest BCUT2D eigenvalue weighted by Gasteiger charge is -2.17. The van der Waals surface area contributed by atoms with Gasteiger partial charge >= 0.3 is 0 Å². The summed E-state index contributed by atoms with van der Waals surface area (Å²) in [5, 5.41) is 5.61. The van der Waals surface area contributed by atoms with Gasteiger partial charge < -0.3 is 10.2 Å². The Hall–Kier alpha value is -2.06. The second-order valence-corrected chi connectivity index (χ2v) is 10.5. The molecule has 31 heavy (non-hydrogen) atoms. The van der Waals surface area contributed by atoms with Crippen LogP contribution in [0.25, 0.3) is 0 Å². The van der Waals surface area contributed by atoms with Crippen LogP contribution in [0.3, 0.4) is 0 Å². The summed E-state index contributed by atoms with van der Waals surface area (Å²) < 4.78 is 0.545. The minimum Gasteiger partial charge on any atom is -0.341 e. The molecule has 8 heteroatoms. The van der Waals surface area contributed by atoms with Gasteiger partial charge in [0.05, 0.1) is 20.3 Å². The van der Waals surface area contributed by atoms with Gasteiger partial charge in [-0.3, -0.25) is 9.59 Å². The first-order valence-electron chi connectivity index (χ1n) is 10.2. The van der Waals surface area contributed by atoms with E-state index < -0.39 is 6.04 Å². The van der Waals surface area contributed by atoms with Crippen LogP contribution in [0.4, 0.5) is 0 Å². The third-order valence-corrected chi connectivity index (χ3v) is 7.56. The highest BCUT2D eigenvalue weighted by molar-refractivity contribution is 7.18. The van der Waals surface area contributed by atoms with Crippen molar-refractivity contribution in [3.05, 3.63) is 72.8 Å². The van der Waals surface area contributed by atoms with Crippen LogP contribution in [0.2, 0.25) is 4.34 Å². The second kappa shape index (κ2) is 10.0. The summed E-state index contributed by atoms with van der Waals surface area (Å²) in [6, 6.07) is 9.09. The van der Waals surface area contributed by atoms with E-state index in [1.807, 2.05) is 11.4 Å². The van der Waals surface area contributed by atoms with Gasteiger partial charge in [0.1, 0.15) is 0 Å². The van der Waals surface area contributed by atoms with Crippen LogP contribution in [-0.2, 0) is 30.5 Å². The van der Waals surface area contributed by atoms with Crippen molar-refractivity contribution in [2.45, 2.75) is 31.7 Å². The summed E-state index contributed by atoms with van der Waals surface area (Å²) in [6.45, 7) is 2.08. The zero-order chi connectivity index (χ0) is 21.8. The van der Waals surface area contributed by atoms with Crippen LogP contribution in [0, 0.1) is 0 Å². The number of hydrogen-bond donors (Lipinski definition) is 1. The first-order chi connectivity index (χ1) is 15.0. The first kappa shape index (κ1) is 22.1. The van der Waals surface area contributed by atoms with E-state index in [1.54, 1.807) is 18.3 Å². The maximum Gasteiger partial charge on any atom is 0.261 e. The number of hydrogen-bond acceptors (Lipinski definition) is 6. The molecule has 0 bridgehead atoms. The molecule has 3 aromatic rings. The third kappa shape index (κ3) is 5.80. The molecule has 4 rings (SSSR count). The zero-order valence-electron chi connectivity index (χ0n) is 17.3. The van der Waals surface area contributed by atoms with Crippen LogP contribution in [0.5, 0.6) is 0 Å². The lowest BCUT2D eigenvalue weighted by Crippen LogP contribution is -2.43. The number of thiazole rings is 1. The number of carbonyl (C=O) groups excluding carboxylic acids is 2. The topological polar surface area (TPSA) is 62.3 Å². The maximum atomic E-state index is 13.2. The van der Waals surface area contributed by atoms with Crippen LogP contribution in [0.15, 0.2) is 41.9 Å². The van der Waals surface area contributed by atoms with Crippen molar-refractivity contribution in [3.8, 4) is 0 Å². The highest BCUT2D eigenvalue weighted by Gasteiger charge is 2.24. The Labute approximate surface area is 195 Å². The predicted molar refractivity (Wildman–Crippen MR) is 126 cm³/mol. The summed E-state index contributed by atoms with van der Waals surface area (Å²) in [6.07, 6.45) is 4.41. The molecule has 0 saturated carbocycles. The highest BCUT2D eigenvalue weighted by Crippen LogP contribution is 2.22. The number of rotatable bonds is 7. The number of ketones is 1. The first-order valence-corrected chi connectivity index (χ1v) is 12.3. The van der Waals surface area contributed by atoms with Crippen molar-refractivity contribution in [3.63, 3.8) is 0 Å². The normalized spacial score (nSPS) is 15.2. The predicted octanol–water partition coefficient (Wildman–Crippen LogP) is 4.04. The van der Waals surface area contributed by atoms with Crippen molar-refractivity contribution in [1.82, 2.24) is 15.2 Å². The fourth-order valence-electron chi connectivity index (χ4n) is 3.76. The number of likely N-dealkylation sites (N-methyl/N-ethyl adjacent to an activating group) is 1.